The van der Waals surface area contributed by atoms with Gasteiger partial charge in [-0.3, -0.25) is 19.2 Å². The van der Waals surface area contributed by atoms with Crippen LogP contribution in [0, 0.1) is 0 Å². The molecule has 0 aromatic carbocycles. The van der Waals surface area contributed by atoms with Gasteiger partial charge in [0.1, 0.15) is 19.3 Å². The first kappa shape index (κ1) is 32.3. The van der Waals surface area contributed by atoms with Gasteiger partial charge in [0.25, 0.3) is 0 Å². The fourth-order valence-electron chi connectivity index (χ4n) is 2.90. The van der Waals surface area contributed by atoms with E-state index in [4.69, 9.17) is 23.7 Å². The Morgan fingerprint density at radius 1 is 0.800 bits per heavy atom. The Kier molecular flexibility index (Phi) is 16.3. The molecule has 0 aromatic heterocycles. The minimum absolute atomic E-state index is 0.192. The average Bonchev–Trinajstić information content (AvgIpc) is 2.71. The predicted molar refractivity (Wildman–Crippen MR) is 129 cm³/mol. The summed E-state index contributed by atoms with van der Waals surface area (Å²) in [5.74, 6) is -2.09. The number of hydrogen-bond acceptors (Lipinski definition) is 9. The Morgan fingerprint density at radius 2 is 1.37 bits per heavy atom. The zero-order valence-corrected chi connectivity index (χ0v) is 22.2. The van der Waals surface area contributed by atoms with E-state index in [1.807, 2.05) is 26.8 Å². The van der Waals surface area contributed by atoms with E-state index in [1.165, 1.54) is 33.3 Å². The summed E-state index contributed by atoms with van der Waals surface area (Å²) in [6, 6.07) is -0.599. The smallest absolute Gasteiger partial charge is 0.303 e. The van der Waals surface area contributed by atoms with E-state index in [0.29, 0.717) is 0 Å². The van der Waals surface area contributed by atoms with Gasteiger partial charge in [-0.05, 0) is 40.5 Å². The van der Waals surface area contributed by atoms with Crippen molar-refractivity contribution in [1.29, 1.82) is 0 Å². The maximum absolute atomic E-state index is 11.7. The lowest BCUT2D eigenvalue weighted by Crippen LogP contribution is -2.49. The second-order valence-electron chi connectivity index (χ2n) is 8.49. The summed E-state index contributed by atoms with van der Waals surface area (Å²) in [6.07, 6.45) is 2.75. The lowest BCUT2D eigenvalue weighted by atomic mass is 10.1. The molecular formula is C25H41NO9. The van der Waals surface area contributed by atoms with Crippen molar-refractivity contribution in [2.24, 2.45) is 0 Å². The van der Waals surface area contributed by atoms with E-state index >= 15 is 0 Å². The van der Waals surface area contributed by atoms with Gasteiger partial charge < -0.3 is 29.0 Å². The summed E-state index contributed by atoms with van der Waals surface area (Å²) in [4.78, 5) is 46.0. The predicted octanol–water partition coefficient (Wildman–Crippen LogP) is 2.99. The fourth-order valence-corrected chi connectivity index (χ4v) is 2.90. The summed E-state index contributed by atoms with van der Waals surface area (Å²) < 4.78 is 27.3. The highest BCUT2D eigenvalue weighted by atomic mass is 16.7. The minimum Gasteiger partial charge on any atom is -0.463 e. The van der Waals surface area contributed by atoms with Crippen molar-refractivity contribution in [2.75, 3.05) is 19.8 Å². The van der Waals surface area contributed by atoms with Gasteiger partial charge in [-0.25, -0.2) is 0 Å². The molecule has 0 aliphatic carbocycles. The van der Waals surface area contributed by atoms with E-state index in [2.05, 4.69) is 11.4 Å². The lowest BCUT2D eigenvalue weighted by molar-refractivity contribution is -0.221. The van der Waals surface area contributed by atoms with Crippen molar-refractivity contribution in [3.05, 3.63) is 23.3 Å². The quantitative estimate of drug-likeness (QED) is 0.148. The van der Waals surface area contributed by atoms with Crippen LogP contribution in [0.4, 0.5) is 0 Å². The normalized spacial score (nSPS) is 14.7. The summed E-state index contributed by atoms with van der Waals surface area (Å²) in [6.45, 7) is 12.4. The molecule has 0 heterocycles. The van der Waals surface area contributed by atoms with Gasteiger partial charge in [0.05, 0.1) is 12.6 Å². The lowest BCUT2D eigenvalue weighted by Gasteiger charge is -2.32. The molecule has 0 radical (unpaired) electrons. The number of carbonyl (C=O) groups excluding carboxylic acids is 4. The van der Waals surface area contributed by atoms with Gasteiger partial charge in [-0.15, -0.1) is 0 Å². The van der Waals surface area contributed by atoms with Crippen LogP contribution in [0.25, 0.3) is 0 Å². The summed E-state index contributed by atoms with van der Waals surface area (Å²) in [5, 5.41) is 2.71. The van der Waals surface area contributed by atoms with Crippen LogP contribution in [0.15, 0.2) is 23.3 Å². The molecule has 10 heteroatoms. The zero-order valence-electron chi connectivity index (χ0n) is 22.2. The molecule has 0 saturated carbocycles. The third-order valence-corrected chi connectivity index (χ3v) is 4.57. The molecule has 0 aliphatic rings. The largest absolute Gasteiger partial charge is 0.463 e. The molecular weight excluding hydrogens is 458 g/mol. The third kappa shape index (κ3) is 17.4. The Labute approximate surface area is 208 Å². The van der Waals surface area contributed by atoms with Gasteiger partial charge in [0.15, 0.2) is 12.4 Å². The maximum Gasteiger partial charge on any atom is 0.303 e. The maximum atomic E-state index is 11.7. The monoisotopic (exact) mass is 499 g/mol. The van der Waals surface area contributed by atoms with Gasteiger partial charge >= 0.3 is 17.9 Å². The van der Waals surface area contributed by atoms with Crippen LogP contribution in [0.3, 0.4) is 0 Å². The van der Waals surface area contributed by atoms with Crippen LogP contribution in [-0.4, -0.2) is 68.2 Å². The van der Waals surface area contributed by atoms with Crippen LogP contribution in [-0.2, 0) is 42.9 Å². The Balaban J connectivity index is 5.64. The second-order valence-corrected chi connectivity index (χ2v) is 8.49. The number of allylic oxidation sites excluding steroid dienone is 3. The Hall–Kier alpha value is -2.72. The molecule has 4 atom stereocenters. The van der Waals surface area contributed by atoms with Crippen LogP contribution >= 0.6 is 0 Å². The van der Waals surface area contributed by atoms with Crippen molar-refractivity contribution >= 4 is 23.8 Å². The molecule has 200 valence electrons. The van der Waals surface area contributed by atoms with Gasteiger partial charge in [-0.2, -0.15) is 0 Å². The second kappa shape index (κ2) is 17.7. The third-order valence-electron chi connectivity index (χ3n) is 4.57. The number of amides is 1. The van der Waals surface area contributed by atoms with E-state index in [0.717, 1.165) is 18.4 Å². The summed E-state index contributed by atoms with van der Waals surface area (Å²) in [7, 11) is 0. The molecule has 0 aliphatic heterocycles. The number of ether oxygens (including phenoxy) is 5. The molecule has 0 aromatic rings. The van der Waals surface area contributed by atoms with Crippen molar-refractivity contribution in [3.63, 3.8) is 0 Å². The SMILES string of the molecule is CC(=O)N[C@@H](C)[C@H](OC/C=C(\C)CCC=C(C)C)OC(COC(C)=O)[C@H](COC(C)=O)OC(C)=O. The van der Waals surface area contributed by atoms with Crippen LogP contribution in [0.2, 0.25) is 0 Å². The van der Waals surface area contributed by atoms with Crippen molar-refractivity contribution in [3.8, 4) is 0 Å². The Bertz CT molecular complexity index is 756. The first-order valence-corrected chi connectivity index (χ1v) is 11.6. The molecule has 1 N–H and O–H groups in total. The molecule has 0 fully saturated rings. The highest BCUT2D eigenvalue weighted by molar-refractivity contribution is 5.73. The van der Waals surface area contributed by atoms with Gasteiger partial charge in [0.2, 0.25) is 5.91 Å². The zero-order chi connectivity index (χ0) is 27.0. The van der Waals surface area contributed by atoms with E-state index in [9.17, 15) is 19.2 Å². The van der Waals surface area contributed by atoms with Crippen molar-refractivity contribution in [1.82, 2.24) is 5.32 Å². The first-order chi connectivity index (χ1) is 16.3. The van der Waals surface area contributed by atoms with Gasteiger partial charge in [0, 0.05) is 27.7 Å². The molecule has 35 heavy (non-hydrogen) atoms. The first-order valence-electron chi connectivity index (χ1n) is 11.6. The standard InChI is InChI=1S/C25H41NO9/c1-16(2)10-9-11-17(3)12-13-31-25(18(4)26-19(5)27)35-24(15-33-21(7)29)23(34-22(8)30)14-32-20(6)28/h10,12,18,23-25H,9,11,13-15H2,1-8H3,(H,26,27)/b17-12+/t18-,23-,24?,25+/m0/s1. The van der Waals surface area contributed by atoms with E-state index in [-0.39, 0.29) is 25.7 Å². The van der Waals surface area contributed by atoms with Crippen LogP contribution in [0.1, 0.15) is 68.2 Å². The van der Waals surface area contributed by atoms with E-state index in [1.54, 1.807) is 6.92 Å². The summed E-state index contributed by atoms with van der Waals surface area (Å²) in [5.41, 5.74) is 2.37. The van der Waals surface area contributed by atoms with E-state index < -0.39 is 42.4 Å². The number of rotatable bonds is 16. The van der Waals surface area contributed by atoms with Crippen LogP contribution in [0.5, 0.6) is 0 Å². The average molecular weight is 500 g/mol. The molecule has 0 rings (SSSR count). The molecule has 0 saturated heterocycles. The fraction of sp³-hybridized carbons (Fsp3) is 0.680. The molecule has 10 nitrogen and oxygen atoms in total. The molecule has 1 amide bonds. The number of nitrogens with one attached hydrogen (secondary N) is 1. The van der Waals surface area contributed by atoms with Crippen molar-refractivity contribution < 1.29 is 42.9 Å². The van der Waals surface area contributed by atoms with Crippen LogP contribution < -0.4 is 5.32 Å². The highest BCUT2D eigenvalue weighted by Gasteiger charge is 2.33. The number of esters is 3. The molecule has 0 spiro atoms. The molecule has 0 bridgehead atoms. The van der Waals surface area contributed by atoms with Gasteiger partial charge in [-0.1, -0.05) is 23.3 Å². The minimum atomic E-state index is -1.08. The number of carbonyl (C=O) groups is 4. The highest BCUT2D eigenvalue weighted by Crippen LogP contribution is 2.15. The van der Waals surface area contributed by atoms with Crippen molar-refractivity contribution in [2.45, 2.75) is 92.8 Å². The Morgan fingerprint density at radius 3 is 1.86 bits per heavy atom. The topological polar surface area (TPSA) is 126 Å². The molecule has 1 unspecified atom stereocenters. The number of hydrogen-bond donors (Lipinski definition) is 1. The summed E-state index contributed by atoms with van der Waals surface area (Å²) >= 11 is 0.